The summed E-state index contributed by atoms with van der Waals surface area (Å²) in [5.74, 6) is -0.302. The van der Waals surface area contributed by atoms with Crippen molar-refractivity contribution in [2.45, 2.75) is 24.8 Å². The first kappa shape index (κ1) is 13.5. The molecular weight excluding hydrogens is 257 g/mol. The topological polar surface area (TPSA) is 57.6 Å². The predicted octanol–water partition coefficient (Wildman–Crippen LogP) is 1.35. The fourth-order valence-electron chi connectivity index (χ4n) is 2.15. The first-order chi connectivity index (χ1) is 8.45. The minimum Gasteiger partial charge on any atom is -0.392 e. The second-order valence-electron chi connectivity index (χ2n) is 4.67. The summed E-state index contributed by atoms with van der Waals surface area (Å²) in [6, 6.07) is 3.43. The molecule has 0 aromatic heterocycles. The molecule has 0 spiro atoms. The average Bonchev–Trinajstić information content (AvgIpc) is 2.76. The largest absolute Gasteiger partial charge is 0.392 e. The van der Waals surface area contributed by atoms with E-state index in [-0.39, 0.29) is 10.5 Å². The lowest BCUT2D eigenvalue weighted by atomic mass is 10.2. The number of aliphatic hydroxyl groups excluding tert-OH is 1. The molecule has 1 aliphatic rings. The Hall–Kier alpha value is -0.980. The Morgan fingerprint density at radius 1 is 1.50 bits per heavy atom. The van der Waals surface area contributed by atoms with Gasteiger partial charge in [0.25, 0.3) is 0 Å². The van der Waals surface area contributed by atoms with Gasteiger partial charge in [-0.05, 0) is 30.0 Å². The highest BCUT2D eigenvalue weighted by Gasteiger charge is 2.32. The molecule has 1 N–H and O–H groups in total. The van der Waals surface area contributed by atoms with Crippen LogP contribution in [0.5, 0.6) is 0 Å². The Morgan fingerprint density at radius 2 is 2.22 bits per heavy atom. The fourth-order valence-corrected chi connectivity index (χ4v) is 3.95. The minimum absolute atomic E-state index is 0.126. The quantitative estimate of drug-likeness (QED) is 0.904. The maximum absolute atomic E-state index is 13.2. The zero-order valence-electron chi connectivity index (χ0n) is 10.1. The van der Waals surface area contributed by atoms with Gasteiger partial charge in [0, 0.05) is 13.1 Å². The number of halogens is 1. The van der Waals surface area contributed by atoms with Crippen molar-refractivity contribution >= 4 is 10.0 Å². The molecule has 1 fully saturated rings. The van der Waals surface area contributed by atoms with Gasteiger partial charge in [-0.3, -0.25) is 0 Å². The summed E-state index contributed by atoms with van der Waals surface area (Å²) >= 11 is 0. The number of aliphatic hydroxyl groups is 1. The van der Waals surface area contributed by atoms with E-state index in [9.17, 15) is 12.8 Å². The van der Waals surface area contributed by atoms with Gasteiger partial charge in [0.2, 0.25) is 10.0 Å². The van der Waals surface area contributed by atoms with Gasteiger partial charge in [-0.2, -0.15) is 4.31 Å². The van der Waals surface area contributed by atoms with E-state index in [0.29, 0.717) is 19.0 Å². The molecule has 1 unspecified atom stereocenters. The van der Waals surface area contributed by atoms with E-state index in [1.165, 1.54) is 10.4 Å². The lowest BCUT2D eigenvalue weighted by Crippen LogP contribution is -2.29. The van der Waals surface area contributed by atoms with Crippen LogP contribution in [0.3, 0.4) is 0 Å². The molecule has 0 aliphatic carbocycles. The fraction of sp³-hybridized carbons (Fsp3) is 0.500. The van der Waals surface area contributed by atoms with Crippen molar-refractivity contribution in [3.63, 3.8) is 0 Å². The standard InChI is InChI=1S/C12H16FNO3S/c1-9-4-5-14(7-9)18(16,17)12-6-11(13)3-2-10(12)8-15/h2-3,6,9,15H,4-5,7-8H2,1H3. The molecule has 2 rings (SSSR count). The maximum atomic E-state index is 13.2. The molecule has 6 heteroatoms. The van der Waals surface area contributed by atoms with Gasteiger partial charge in [0.05, 0.1) is 11.5 Å². The molecule has 100 valence electrons. The van der Waals surface area contributed by atoms with Gasteiger partial charge < -0.3 is 5.11 Å². The van der Waals surface area contributed by atoms with Crippen molar-refractivity contribution in [2.75, 3.05) is 13.1 Å². The molecule has 4 nitrogen and oxygen atoms in total. The van der Waals surface area contributed by atoms with E-state index in [4.69, 9.17) is 5.11 Å². The van der Waals surface area contributed by atoms with Crippen LogP contribution in [0, 0.1) is 11.7 Å². The van der Waals surface area contributed by atoms with E-state index in [0.717, 1.165) is 18.6 Å². The highest BCUT2D eigenvalue weighted by Crippen LogP contribution is 2.26. The average molecular weight is 273 g/mol. The van der Waals surface area contributed by atoms with Crippen molar-refractivity contribution in [3.8, 4) is 0 Å². The Morgan fingerprint density at radius 3 is 2.78 bits per heavy atom. The van der Waals surface area contributed by atoms with Crippen molar-refractivity contribution in [2.24, 2.45) is 5.92 Å². The van der Waals surface area contributed by atoms with Gasteiger partial charge in [-0.1, -0.05) is 13.0 Å². The van der Waals surface area contributed by atoms with Crippen LogP contribution in [-0.2, 0) is 16.6 Å². The number of rotatable bonds is 3. The van der Waals surface area contributed by atoms with Crippen LogP contribution < -0.4 is 0 Å². The first-order valence-corrected chi connectivity index (χ1v) is 7.28. The van der Waals surface area contributed by atoms with Crippen LogP contribution in [0.15, 0.2) is 23.1 Å². The zero-order chi connectivity index (χ0) is 13.3. The molecule has 1 aliphatic heterocycles. The monoisotopic (exact) mass is 273 g/mol. The zero-order valence-corrected chi connectivity index (χ0v) is 11.0. The van der Waals surface area contributed by atoms with Crippen LogP contribution in [-0.4, -0.2) is 30.9 Å². The second-order valence-corrected chi connectivity index (χ2v) is 6.57. The molecule has 1 atom stereocenters. The SMILES string of the molecule is CC1CCN(S(=O)(=O)c2cc(F)ccc2CO)C1. The molecule has 0 saturated carbocycles. The second kappa shape index (κ2) is 4.95. The van der Waals surface area contributed by atoms with E-state index in [1.54, 1.807) is 0 Å². The third-order valence-corrected chi connectivity index (χ3v) is 5.15. The van der Waals surface area contributed by atoms with Gasteiger partial charge in [-0.25, -0.2) is 12.8 Å². The summed E-state index contributed by atoms with van der Waals surface area (Å²) in [7, 11) is -3.70. The summed E-state index contributed by atoms with van der Waals surface area (Å²) in [5.41, 5.74) is 0.232. The highest BCUT2D eigenvalue weighted by molar-refractivity contribution is 7.89. The lowest BCUT2D eigenvalue weighted by molar-refractivity contribution is 0.278. The summed E-state index contributed by atoms with van der Waals surface area (Å²) in [4.78, 5) is -0.126. The summed E-state index contributed by atoms with van der Waals surface area (Å²) in [5, 5.41) is 9.16. The Kier molecular flexibility index (Phi) is 3.70. The molecule has 1 saturated heterocycles. The van der Waals surface area contributed by atoms with Gasteiger partial charge in [0.1, 0.15) is 5.82 Å². The van der Waals surface area contributed by atoms with E-state index in [1.807, 2.05) is 6.92 Å². The van der Waals surface area contributed by atoms with Crippen LogP contribution in [0.25, 0.3) is 0 Å². The van der Waals surface area contributed by atoms with Gasteiger partial charge in [0.15, 0.2) is 0 Å². The van der Waals surface area contributed by atoms with Crippen LogP contribution in [0.2, 0.25) is 0 Å². The molecule has 1 aromatic rings. The van der Waals surface area contributed by atoms with Gasteiger partial charge >= 0.3 is 0 Å². The van der Waals surface area contributed by atoms with Crippen molar-refractivity contribution in [1.29, 1.82) is 0 Å². The molecule has 0 amide bonds. The molecule has 0 radical (unpaired) electrons. The third kappa shape index (κ3) is 2.41. The molecule has 0 bridgehead atoms. The van der Waals surface area contributed by atoms with Gasteiger partial charge in [-0.15, -0.1) is 0 Å². The van der Waals surface area contributed by atoms with Crippen LogP contribution in [0.1, 0.15) is 18.9 Å². The number of hydrogen-bond donors (Lipinski definition) is 1. The Balaban J connectivity index is 2.43. The summed E-state index contributed by atoms with van der Waals surface area (Å²) < 4.78 is 39.3. The van der Waals surface area contributed by atoms with E-state index in [2.05, 4.69) is 0 Å². The highest BCUT2D eigenvalue weighted by atomic mass is 32.2. The normalized spacial score (nSPS) is 21.4. The number of nitrogens with zero attached hydrogens (tertiary/aromatic N) is 1. The number of sulfonamides is 1. The van der Waals surface area contributed by atoms with Crippen LogP contribution in [0.4, 0.5) is 4.39 Å². The Bertz CT molecular complexity index is 544. The predicted molar refractivity (Wildman–Crippen MR) is 64.9 cm³/mol. The van der Waals surface area contributed by atoms with Crippen LogP contribution >= 0.6 is 0 Å². The molecule has 1 heterocycles. The van der Waals surface area contributed by atoms with E-state index < -0.39 is 22.4 Å². The summed E-state index contributed by atoms with van der Waals surface area (Å²) in [6.07, 6.45) is 0.809. The minimum atomic E-state index is -3.70. The Labute approximate surface area is 106 Å². The number of benzene rings is 1. The number of hydrogen-bond acceptors (Lipinski definition) is 3. The maximum Gasteiger partial charge on any atom is 0.243 e. The smallest absolute Gasteiger partial charge is 0.243 e. The summed E-state index contributed by atoms with van der Waals surface area (Å²) in [6.45, 7) is 2.46. The van der Waals surface area contributed by atoms with Crippen molar-refractivity contribution in [3.05, 3.63) is 29.6 Å². The molecular formula is C12H16FNO3S. The molecule has 1 aromatic carbocycles. The third-order valence-electron chi connectivity index (χ3n) is 3.20. The van der Waals surface area contributed by atoms with E-state index >= 15 is 0 Å². The molecule has 18 heavy (non-hydrogen) atoms. The van der Waals surface area contributed by atoms with Crippen molar-refractivity contribution < 1.29 is 17.9 Å². The lowest BCUT2D eigenvalue weighted by Gasteiger charge is -2.18. The van der Waals surface area contributed by atoms with Crippen molar-refractivity contribution in [1.82, 2.24) is 4.31 Å². The first-order valence-electron chi connectivity index (χ1n) is 5.84.